The zero-order valence-electron chi connectivity index (χ0n) is 14.4. The minimum absolute atomic E-state index is 0.0597. The van der Waals surface area contributed by atoms with Gasteiger partial charge in [0.1, 0.15) is 11.5 Å². The van der Waals surface area contributed by atoms with Gasteiger partial charge in [0.05, 0.1) is 21.3 Å². The van der Waals surface area contributed by atoms with Gasteiger partial charge in [-0.25, -0.2) is 0 Å². The van der Waals surface area contributed by atoms with Crippen LogP contribution in [0.1, 0.15) is 11.1 Å². The van der Waals surface area contributed by atoms with Crippen molar-refractivity contribution in [2.45, 2.75) is 6.54 Å². The van der Waals surface area contributed by atoms with Crippen molar-refractivity contribution < 1.29 is 24.1 Å². The van der Waals surface area contributed by atoms with E-state index in [4.69, 9.17) is 14.2 Å². The molecule has 1 amide bonds. The van der Waals surface area contributed by atoms with Crippen LogP contribution in [0.25, 0.3) is 6.08 Å². The van der Waals surface area contributed by atoms with E-state index in [0.29, 0.717) is 23.8 Å². The molecule has 6 heteroatoms. The van der Waals surface area contributed by atoms with Crippen molar-refractivity contribution in [2.75, 3.05) is 21.3 Å². The maximum atomic E-state index is 12.0. The summed E-state index contributed by atoms with van der Waals surface area (Å²) >= 11 is 0. The molecule has 0 atom stereocenters. The van der Waals surface area contributed by atoms with E-state index in [1.165, 1.54) is 19.3 Å². The van der Waals surface area contributed by atoms with Crippen LogP contribution in [0.4, 0.5) is 0 Å². The highest BCUT2D eigenvalue weighted by molar-refractivity contribution is 5.91. The van der Waals surface area contributed by atoms with E-state index in [1.54, 1.807) is 50.6 Å². The topological polar surface area (TPSA) is 77.0 Å². The SMILES string of the molecule is COc1cc(/C=C/C(=O)NCc2ccc(O)c(OC)c2)cc(OC)c1. The molecule has 0 heterocycles. The van der Waals surface area contributed by atoms with Crippen LogP contribution in [0.2, 0.25) is 0 Å². The number of hydrogen-bond acceptors (Lipinski definition) is 5. The third-order valence-electron chi connectivity index (χ3n) is 3.51. The van der Waals surface area contributed by atoms with Crippen LogP contribution < -0.4 is 19.5 Å². The summed E-state index contributed by atoms with van der Waals surface area (Å²) in [6, 6.07) is 10.3. The molecule has 0 unspecified atom stereocenters. The molecule has 0 saturated heterocycles. The van der Waals surface area contributed by atoms with Crippen molar-refractivity contribution in [3.63, 3.8) is 0 Å². The Hall–Kier alpha value is -3.15. The van der Waals surface area contributed by atoms with Gasteiger partial charge < -0.3 is 24.6 Å². The molecule has 2 N–H and O–H groups in total. The summed E-state index contributed by atoms with van der Waals surface area (Å²) in [5.74, 6) is 1.48. The maximum Gasteiger partial charge on any atom is 0.244 e. The van der Waals surface area contributed by atoms with Crippen LogP contribution in [0.15, 0.2) is 42.5 Å². The Kier molecular flexibility index (Phi) is 6.28. The Morgan fingerprint density at radius 3 is 2.32 bits per heavy atom. The lowest BCUT2D eigenvalue weighted by molar-refractivity contribution is -0.116. The smallest absolute Gasteiger partial charge is 0.244 e. The van der Waals surface area contributed by atoms with Gasteiger partial charge in [-0.15, -0.1) is 0 Å². The molecule has 2 aromatic carbocycles. The molecule has 2 aromatic rings. The first-order valence-electron chi connectivity index (χ1n) is 7.60. The monoisotopic (exact) mass is 343 g/mol. The number of aromatic hydroxyl groups is 1. The summed E-state index contributed by atoms with van der Waals surface area (Å²) in [4.78, 5) is 12.0. The van der Waals surface area contributed by atoms with Crippen LogP contribution in [-0.2, 0) is 11.3 Å². The quantitative estimate of drug-likeness (QED) is 0.756. The van der Waals surface area contributed by atoms with Crippen LogP contribution in [-0.4, -0.2) is 32.3 Å². The molecular formula is C19H21NO5. The highest BCUT2D eigenvalue weighted by atomic mass is 16.5. The predicted molar refractivity (Wildman–Crippen MR) is 95.1 cm³/mol. The summed E-state index contributed by atoms with van der Waals surface area (Å²) in [6.07, 6.45) is 3.11. The zero-order valence-corrected chi connectivity index (χ0v) is 14.4. The Morgan fingerprint density at radius 2 is 1.72 bits per heavy atom. The summed E-state index contributed by atoms with van der Waals surface area (Å²) < 4.78 is 15.4. The van der Waals surface area contributed by atoms with E-state index in [1.807, 2.05) is 0 Å². The van der Waals surface area contributed by atoms with Gasteiger partial charge in [0.2, 0.25) is 5.91 Å². The third-order valence-corrected chi connectivity index (χ3v) is 3.51. The number of carbonyl (C=O) groups is 1. The van der Waals surface area contributed by atoms with Gasteiger partial charge in [-0.2, -0.15) is 0 Å². The summed E-state index contributed by atoms with van der Waals surface area (Å²) in [5.41, 5.74) is 1.61. The van der Waals surface area contributed by atoms with Crippen molar-refractivity contribution in [3.8, 4) is 23.0 Å². The normalized spacial score (nSPS) is 10.5. The molecule has 0 bridgehead atoms. The predicted octanol–water partition coefficient (Wildman–Crippen LogP) is 2.75. The van der Waals surface area contributed by atoms with E-state index in [0.717, 1.165) is 11.1 Å². The van der Waals surface area contributed by atoms with Crippen LogP contribution >= 0.6 is 0 Å². The summed E-state index contributed by atoms with van der Waals surface area (Å²) in [6.45, 7) is 0.321. The number of carbonyl (C=O) groups excluding carboxylic acids is 1. The van der Waals surface area contributed by atoms with Gasteiger partial charge in [-0.05, 0) is 41.5 Å². The molecule has 0 saturated carbocycles. The van der Waals surface area contributed by atoms with Crippen LogP contribution in [0, 0.1) is 0 Å². The van der Waals surface area contributed by atoms with Crippen molar-refractivity contribution in [2.24, 2.45) is 0 Å². The highest BCUT2D eigenvalue weighted by Gasteiger charge is 2.04. The lowest BCUT2D eigenvalue weighted by Crippen LogP contribution is -2.20. The molecule has 0 aromatic heterocycles. The molecule has 0 fully saturated rings. The van der Waals surface area contributed by atoms with E-state index in [9.17, 15) is 9.90 Å². The largest absolute Gasteiger partial charge is 0.504 e. The first kappa shape index (κ1) is 18.2. The number of rotatable bonds is 7. The van der Waals surface area contributed by atoms with Crippen molar-refractivity contribution in [1.82, 2.24) is 5.32 Å². The second kappa shape index (κ2) is 8.63. The van der Waals surface area contributed by atoms with Crippen molar-refractivity contribution in [1.29, 1.82) is 0 Å². The Balaban J connectivity index is 1.99. The summed E-state index contributed by atoms with van der Waals surface area (Å²) in [5, 5.41) is 12.3. The molecule has 0 aliphatic heterocycles. The molecule has 0 aliphatic rings. The average Bonchev–Trinajstić information content (AvgIpc) is 2.65. The van der Waals surface area contributed by atoms with E-state index in [2.05, 4.69) is 5.32 Å². The fourth-order valence-corrected chi connectivity index (χ4v) is 2.18. The number of methoxy groups -OCH3 is 3. The first-order chi connectivity index (χ1) is 12.0. The lowest BCUT2D eigenvalue weighted by atomic mass is 10.1. The second-order valence-corrected chi connectivity index (χ2v) is 5.20. The molecule has 6 nitrogen and oxygen atoms in total. The number of nitrogens with one attached hydrogen (secondary N) is 1. The van der Waals surface area contributed by atoms with Gasteiger partial charge in [0.15, 0.2) is 11.5 Å². The molecule has 2 rings (SSSR count). The highest BCUT2D eigenvalue weighted by Crippen LogP contribution is 2.26. The number of hydrogen-bond donors (Lipinski definition) is 2. The van der Waals surface area contributed by atoms with E-state index >= 15 is 0 Å². The Morgan fingerprint density at radius 1 is 1.04 bits per heavy atom. The number of phenols is 1. The number of ether oxygens (including phenoxy) is 3. The molecule has 25 heavy (non-hydrogen) atoms. The Labute approximate surface area is 146 Å². The maximum absolute atomic E-state index is 12.0. The number of benzene rings is 2. The van der Waals surface area contributed by atoms with E-state index in [-0.39, 0.29) is 11.7 Å². The van der Waals surface area contributed by atoms with Crippen molar-refractivity contribution >= 4 is 12.0 Å². The molecule has 0 aliphatic carbocycles. The molecule has 0 radical (unpaired) electrons. The van der Waals surface area contributed by atoms with E-state index < -0.39 is 0 Å². The number of phenolic OH excluding ortho intramolecular Hbond substituents is 1. The Bertz CT molecular complexity index is 748. The van der Waals surface area contributed by atoms with Crippen molar-refractivity contribution in [3.05, 3.63) is 53.6 Å². The van der Waals surface area contributed by atoms with Gasteiger partial charge >= 0.3 is 0 Å². The van der Waals surface area contributed by atoms with Gasteiger partial charge in [-0.3, -0.25) is 4.79 Å². The first-order valence-corrected chi connectivity index (χ1v) is 7.60. The van der Waals surface area contributed by atoms with Crippen LogP contribution in [0.3, 0.4) is 0 Å². The zero-order chi connectivity index (χ0) is 18.2. The summed E-state index contributed by atoms with van der Waals surface area (Å²) in [7, 11) is 4.62. The fraction of sp³-hybridized carbons (Fsp3) is 0.211. The molecular weight excluding hydrogens is 322 g/mol. The average molecular weight is 343 g/mol. The molecule has 0 spiro atoms. The minimum Gasteiger partial charge on any atom is -0.504 e. The van der Waals surface area contributed by atoms with Gasteiger partial charge in [0.25, 0.3) is 0 Å². The van der Waals surface area contributed by atoms with Gasteiger partial charge in [0, 0.05) is 18.7 Å². The standard InChI is InChI=1S/C19H21NO5/c1-23-15-8-13(9-16(11-15)24-2)5-7-19(22)20-12-14-4-6-17(21)18(10-14)25-3/h4-11,21H,12H2,1-3H3,(H,20,22)/b7-5+. The fourth-order valence-electron chi connectivity index (χ4n) is 2.18. The lowest BCUT2D eigenvalue weighted by Gasteiger charge is -2.07. The second-order valence-electron chi connectivity index (χ2n) is 5.20. The molecule has 132 valence electrons. The third kappa shape index (κ3) is 5.17. The number of amides is 1. The minimum atomic E-state index is -0.242. The van der Waals surface area contributed by atoms with Crippen LogP contribution in [0.5, 0.6) is 23.0 Å². The van der Waals surface area contributed by atoms with Gasteiger partial charge in [-0.1, -0.05) is 6.07 Å².